The molecular formula is C14H20F3N. The maximum absolute atomic E-state index is 12.6. The minimum Gasteiger partial charge on any atom is -0.315 e. The van der Waals surface area contributed by atoms with Gasteiger partial charge in [-0.15, -0.1) is 0 Å². The summed E-state index contributed by atoms with van der Waals surface area (Å²) in [6.07, 6.45) is -3.43. The number of hydrogen-bond acceptors (Lipinski definition) is 1. The topological polar surface area (TPSA) is 12.0 Å². The highest BCUT2D eigenvalue weighted by Gasteiger charge is 2.30. The lowest BCUT2D eigenvalue weighted by atomic mass is 9.93. The molecular weight excluding hydrogens is 239 g/mol. The number of halogens is 3. The average molecular weight is 259 g/mol. The van der Waals surface area contributed by atoms with Crippen LogP contribution in [-0.4, -0.2) is 12.6 Å². The fraction of sp³-hybridized carbons (Fsp3) is 0.571. The van der Waals surface area contributed by atoms with Crippen LogP contribution in [0, 0.1) is 0 Å². The molecule has 2 atom stereocenters. The highest BCUT2D eigenvalue weighted by Crippen LogP contribution is 2.31. The number of alkyl halides is 3. The molecule has 0 aromatic heterocycles. The lowest BCUT2D eigenvalue weighted by Crippen LogP contribution is -2.27. The molecule has 0 spiro atoms. The van der Waals surface area contributed by atoms with Gasteiger partial charge in [0.15, 0.2) is 0 Å². The summed E-state index contributed by atoms with van der Waals surface area (Å²) in [6, 6.07) is 5.91. The fourth-order valence-corrected chi connectivity index (χ4v) is 2.12. The molecule has 1 aromatic carbocycles. The Labute approximate surface area is 106 Å². The molecule has 0 aliphatic heterocycles. The van der Waals surface area contributed by atoms with Crippen LogP contribution in [-0.2, 0) is 6.18 Å². The van der Waals surface area contributed by atoms with E-state index in [1.807, 2.05) is 20.8 Å². The van der Waals surface area contributed by atoms with Crippen LogP contribution in [0.2, 0.25) is 0 Å². The zero-order chi connectivity index (χ0) is 13.8. The van der Waals surface area contributed by atoms with Crippen LogP contribution in [0.1, 0.15) is 44.2 Å². The van der Waals surface area contributed by atoms with Crippen molar-refractivity contribution >= 4 is 0 Å². The molecule has 0 amide bonds. The third kappa shape index (κ3) is 4.33. The van der Waals surface area contributed by atoms with E-state index < -0.39 is 11.7 Å². The average Bonchev–Trinajstić information content (AvgIpc) is 2.28. The largest absolute Gasteiger partial charge is 0.416 e. The highest BCUT2D eigenvalue weighted by molar-refractivity contribution is 5.28. The lowest BCUT2D eigenvalue weighted by Gasteiger charge is -2.19. The van der Waals surface area contributed by atoms with E-state index in [9.17, 15) is 13.2 Å². The standard InChI is InChI=1S/C14H20F3N/c1-4-18-11(3)8-10(2)12-6-5-7-13(9-12)14(15,16)17/h5-7,9-11,18H,4,8H2,1-3H3. The predicted octanol–water partition coefficient (Wildman–Crippen LogP) is 4.20. The summed E-state index contributed by atoms with van der Waals surface area (Å²) in [4.78, 5) is 0. The third-order valence-corrected chi connectivity index (χ3v) is 3.04. The first-order chi connectivity index (χ1) is 8.34. The SMILES string of the molecule is CCNC(C)CC(C)c1cccc(C(F)(F)F)c1. The van der Waals surface area contributed by atoms with Gasteiger partial charge in [0, 0.05) is 6.04 Å². The van der Waals surface area contributed by atoms with Gasteiger partial charge >= 0.3 is 6.18 Å². The van der Waals surface area contributed by atoms with Crippen molar-refractivity contribution in [3.8, 4) is 0 Å². The number of benzene rings is 1. The van der Waals surface area contributed by atoms with E-state index in [0.29, 0.717) is 6.04 Å². The van der Waals surface area contributed by atoms with E-state index in [4.69, 9.17) is 0 Å². The lowest BCUT2D eigenvalue weighted by molar-refractivity contribution is -0.137. The van der Waals surface area contributed by atoms with Gasteiger partial charge in [0.1, 0.15) is 0 Å². The molecule has 0 radical (unpaired) electrons. The van der Waals surface area contributed by atoms with Gasteiger partial charge in [-0.1, -0.05) is 32.0 Å². The zero-order valence-electron chi connectivity index (χ0n) is 11.0. The van der Waals surface area contributed by atoms with Crippen LogP contribution < -0.4 is 5.32 Å². The number of rotatable bonds is 5. The van der Waals surface area contributed by atoms with Gasteiger partial charge in [0.2, 0.25) is 0 Å². The summed E-state index contributed by atoms with van der Waals surface area (Å²) >= 11 is 0. The predicted molar refractivity (Wildman–Crippen MR) is 67.6 cm³/mol. The second kappa shape index (κ2) is 6.23. The molecule has 18 heavy (non-hydrogen) atoms. The summed E-state index contributed by atoms with van der Waals surface area (Å²) in [5, 5.41) is 3.27. The van der Waals surface area contributed by atoms with Crippen LogP contribution in [0.25, 0.3) is 0 Å². The maximum atomic E-state index is 12.6. The normalized spacial score (nSPS) is 15.4. The maximum Gasteiger partial charge on any atom is 0.416 e. The summed E-state index contributed by atoms with van der Waals surface area (Å²) in [6.45, 7) is 6.90. The molecule has 4 heteroatoms. The van der Waals surface area contributed by atoms with E-state index in [1.165, 1.54) is 12.1 Å². The van der Waals surface area contributed by atoms with E-state index in [0.717, 1.165) is 24.6 Å². The minimum atomic E-state index is -4.26. The van der Waals surface area contributed by atoms with Crippen LogP contribution in [0.15, 0.2) is 24.3 Å². The van der Waals surface area contributed by atoms with E-state index in [1.54, 1.807) is 6.07 Å². The van der Waals surface area contributed by atoms with Crippen molar-refractivity contribution in [2.45, 2.75) is 45.3 Å². The monoisotopic (exact) mass is 259 g/mol. The van der Waals surface area contributed by atoms with Crippen molar-refractivity contribution in [3.05, 3.63) is 35.4 Å². The van der Waals surface area contributed by atoms with Crippen molar-refractivity contribution in [1.82, 2.24) is 5.32 Å². The molecule has 0 aliphatic carbocycles. The molecule has 1 aromatic rings. The quantitative estimate of drug-likeness (QED) is 0.835. The number of hydrogen-bond donors (Lipinski definition) is 1. The summed E-state index contributed by atoms with van der Waals surface area (Å²) in [5.74, 6) is 0.112. The molecule has 2 unspecified atom stereocenters. The van der Waals surface area contributed by atoms with Gasteiger partial charge in [0.25, 0.3) is 0 Å². The van der Waals surface area contributed by atoms with E-state index in [-0.39, 0.29) is 5.92 Å². The second-order valence-corrected chi connectivity index (χ2v) is 4.72. The first-order valence-electron chi connectivity index (χ1n) is 6.25. The van der Waals surface area contributed by atoms with Crippen molar-refractivity contribution in [3.63, 3.8) is 0 Å². The Bertz CT molecular complexity index is 374. The zero-order valence-corrected chi connectivity index (χ0v) is 11.0. The Morgan fingerprint density at radius 1 is 1.22 bits per heavy atom. The molecule has 0 fully saturated rings. The van der Waals surface area contributed by atoms with E-state index in [2.05, 4.69) is 5.32 Å². The van der Waals surface area contributed by atoms with Crippen molar-refractivity contribution in [1.29, 1.82) is 0 Å². The molecule has 0 saturated carbocycles. The summed E-state index contributed by atoms with van der Waals surface area (Å²) in [5.41, 5.74) is 0.178. The first-order valence-corrected chi connectivity index (χ1v) is 6.25. The van der Waals surface area contributed by atoms with Crippen LogP contribution in [0.5, 0.6) is 0 Å². The smallest absolute Gasteiger partial charge is 0.315 e. The Morgan fingerprint density at radius 3 is 2.44 bits per heavy atom. The van der Waals surface area contributed by atoms with Crippen LogP contribution in [0.3, 0.4) is 0 Å². The van der Waals surface area contributed by atoms with Gasteiger partial charge in [-0.05, 0) is 37.4 Å². The Hall–Kier alpha value is -1.03. The second-order valence-electron chi connectivity index (χ2n) is 4.72. The van der Waals surface area contributed by atoms with Gasteiger partial charge < -0.3 is 5.32 Å². The van der Waals surface area contributed by atoms with Crippen LogP contribution in [0.4, 0.5) is 13.2 Å². The number of nitrogens with one attached hydrogen (secondary N) is 1. The van der Waals surface area contributed by atoms with Crippen molar-refractivity contribution in [2.75, 3.05) is 6.54 Å². The molecule has 1 N–H and O–H groups in total. The fourth-order valence-electron chi connectivity index (χ4n) is 2.12. The molecule has 102 valence electrons. The molecule has 1 rings (SSSR count). The molecule has 1 nitrogen and oxygen atoms in total. The highest BCUT2D eigenvalue weighted by atomic mass is 19.4. The Morgan fingerprint density at radius 2 is 1.89 bits per heavy atom. The summed E-state index contributed by atoms with van der Waals surface area (Å²) < 4.78 is 37.8. The van der Waals surface area contributed by atoms with Crippen molar-refractivity contribution < 1.29 is 13.2 Å². The molecule has 0 saturated heterocycles. The van der Waals surface area contributed by atoms with Crippen molar-refractivity contribution in [2.24, 2.45) is 0 Å². The molecule has 0 aliphatic rings. The summed E-state index contributed by atoms with van der Waals surface area (Å²) in [7, 11) is 0. The van der Waals surface area contributed by atoms with Gasteiger partial charge in [-0.3, -0.25) is 0 Å². The van der Waals surface area contributed by atoms with Gasteiger partial charge in [-0.25, -0.2) is 0 Å². The Kier molecular flexibility index (Phi) is 5.20. The van der Waals surface area contributed by atoms with Gasteiger partial charge in [0.05, 0.1) is 5.56 Å². The molecule has 0 bridgehead atoms. The minimum absolute atomic E-state index is 0.112. The van der Waals surface area contributed by atoms with Crippen LogP contribution >= 0.6 is 0 Å². The van der Waals surface area contributed by atoms with Gasteiger partial charge in [-0.2, -0.15) is 13.2 Å². The molecule has 0 heterocycles. The Balaban J connectivity index is 2.77. The first kappa shape index (κ1) is 15.0. The third-order valence-electron chi connectivity index (χ3n) is 3.04. The van der Waals surface area contributed by atoms with E-state index >= 15 is 0 Å².